The summed E-state index contributed by atoms with van der Waals surface area (Å²) in [7, 11) is 0. The fraction of sp³-hybridized carbons (Fsp3) is 0.273. The molecule has 0 saturated carbocycles. The highest BCUT2D eigenvalue weighted by molar-refractivity contribution is 7.80. The van der Waals surface area contributed by atoms with Gasteiger partial charge in [0.05, 0.1) is 6.61 Å². The van der Waals surface area contributed by atoms with Gasteiger partial charge in [-0.05, 0) is 18.1 Å². The van der Waals surface area contributed by atoms with Crippen molar-refractivity contribution in [2.45, 2.75) is 6.42 Å². The highest BCUT2D eigenvalue weighted by Crippen LogP contribution is 2.18. The Kier molecular flexibility index (Phi) is 4.47. The van der Waals surface area contributed by atoms with Crippen LogP contribution in [0.3, 0.4) is 0 Å². The molecule has 0 aromatic heterocycles. The van der Waals surface area contributed by atoms with E-state index in [2.05, 4.69) is 25.3 Å². The van der Waals surface area contributed by atoms with Crippen molar-refractivity contribution in [3.63, 3.8) is 0 Å². The SMILES string of the molecule is C=CCc1ccccc1OCCS. The van der Waals surface area contributed by atoms with Crippen molar-refractivity contribution in [2.75, 3.05) is 12.4 Å². The molecule has 0 atom stereocenters. The normalized spacial score (nSPS) is 9.62. The Morgan fingerprint density at radius 2 is 2.15 bits per heavy atom. The second kappa shape index (κ2) is 5.70. The van der Waals surface area contributed by atoms with Crippen LogP contribution in [-0.2, 0) is 6.42 Å². The number of thiol groups is 1. The molecule has 2 heteroatoms. The van der Waals surface area contributed by atoms with Crippen molar-refractivity contribution < 1.29 is 4.74 Å². The highest BCUT2D eigenvalue weighted by Gasteiger charge is 1.99. The smallest absolute Gasteiger partial charge is 0.122 e. The molecule has 0 aliphatic carbocycles. The van der Waals surface area contributed by atoms with Crippen molar-refractivity contribution in [2.24, 2.45) is 0 Å². The van der Waals surface area contributed by atoms with Gasteiger partial charge >= 0.3 is 0 Å². The number of allylic oxidation sites excluding steroid dienone is 1. The predicted molar refractivity (Wildman–Crippen MR) is 59.7 cm³/mol. The molecule has 1 aromatic rings. The summed E-state index contributed by atoms with van der Waals surface area (Å²) in [6, 6.07) is 8.00. The van der Waals surface area contributed by atoms with Crippen LogP contribution in [0.25, 0.3) is 0 Å². The van der Waals surface area contributed by atoms with E-state index in [0.29, 0.717) is 6.61 Å². The quantitative estimate of drug-likeness (QED) is 0.560. The second-order valence-corrected chi connectivity index (χ2v) is 3.12. The molecule has 0 saturated heterocycles. The number of benzene rings is 1. The summed E-state index contributed by atoms with van der Waals surface area (Å²) in [6.07, 6.45) is 2.73. The lowest BCUT2D eigenvalue weighted by Crippen LogP contribution is -2.00. The van der Waals surface area contributed by atoms with Gasteiger partial charge in [-0.2, -0.15) is 12.6 Å². The van der Waals surface area contributed by atoms with Crippen LogP contribution in [0.15, 0.2) is 36.9 Å². The van der Waals surface area contributed by atoms with E-state index in [1.165, 1.54) is 5.56 Å². The summed E-state index contributed by atoms with van der Waals surface area (Å²) in [5.74, 6) is 1.68. The van der Waals surface area contributed by atoms with Gasteiger partial charge in [0.15, 0.2) is 0 Å². The van der Waals surface area contributed by atoms with Gasteiger partial charge in [-0.25, -0.2) is 0 Å². The standard InChI is InChI=1S/C11H14OS/c1-2-5-10-6-3-4-7-11(10)12-8-9-13/h2-4,6-7,13H,1,5,8-9H2. The van der Waals surface area contributed by atoms with Crippen LogP contribution in [0.4, 0.5) is 0 Å². The van der Waals surface area contributed by atoms with Crippen molar-refractivity contribution >= 4 is 12.6 Å². The first-order chi connectivity index (χ1) is 6.38. The predicted octanol–water partition coefficient (Wildman–Crippen LogP) is 2.72. The van der Waals surface area contributed by atoms with Gasteiger partial charge in [0, 0.05) is 5.75 Å². The summed E-state index contributed by atoms with van der Waals surface area (Å²) in [5, 5.41) is 0. The van der Waals surface area contributed by atoms with Crippen LogP contribution >= 0.6 is 12.6 Å². The number of rotatable bonds is 5. The lowest BCUT2D eigenvalue weighted by Gasteiger charge is -2.08. The van der Waals surface area contributed by atoms with E-state index >= 15 is 0 Å². The maximum Gasteiger partial charge on any atom is 0.122 e. The van der Waals surface area contributed by atoms with Crippen LogP contribution in [0.1, 0.15) is 5.56 Å². The molecule has 0 unspecified atom stereocenters. The van der Waals surface area contributed by atoms with E-state index in [1.54, 1.807) is 0 Å². The zero-order valence-corrected chi connectivity index (χ0v) is 8.47. The van der Waals surface area contributed by atoms with Crippen molar-refractivity contribution in [3.8, 4) is 5.75 Å². The van der Waals surface area contributed by atoms with Gasteiger partial charge in [-0.3, -0.25) is 0 Å². The zero-order chi connectivity index (χ0) is 9.52. The Bertz CT molecular complexity index is 271. The third-order valence-electron chi connectivity index (χ3n) is 1.69. The molecule has 0 radical (unpaired) electrons. The fourth-order valence-electron chi connectivity index (χ4n) is 1.12. The van der Waals surface area contributed by atoms with Gasteiger partial charge in [0.25, 0.3) is 0 Å². The van der Waals surface area contributed by atoms with E-state index < -0.39 is 0 Å². The average Bonchev–Trinajstić information content (AvgIpc) is 2.17. The third-order valence-corrected chi connectivity index (χ3v) is 1.87. The van der Waals surface area contributed by atoms with Crippen molar-refractivity contribution in [3.05, 3.63) is 42.5 Å². The summed E-state index contributed by atoms with van der Waals surface area (Å²) < 4.78 is 5.51. The number of ether oxygens (including phenoxy) is 1. The van der Waals surface area contributed by atoms with Crippen LogP contribution in [-0.4, -0.2) is 12.4 Å². The minimum absolute atomic E-state index is 0.650. The molecule has 70 valence electrons. The molecule has 13 heavy (non-hydrogen) atoms. The molecule has 0 bridgehead atoms. The molecule has 1 nitrogen and oxygen atoms in total. The van der Waals surface area contributed by atoms with Gasteiger partial charge in [-0.15, -0.1) is 6.58 Å². The minimum atomic E-state index is 0.650. The van der Waals surface area contributed by atoms with Crippen molar-refractivity contribution in [1.82, 2.24) is 0 Å². The van der Waals surface area contributed by atoms with E-state index in [-0.39, 0.29) is 0 Å². The fourth-order valence-corrected chi connectivity index (χ4v) is 1.22. The summed E-state index contributed by atoms with van der Waals surface area (Å²) >= 11 is 4.09. The van der Waals surface area contributed by atoms with E-state index in [1.807, 2.05) is 24.3 Å². The first-order valence-corrected chi connectivity index (χ1v) is 4.94. The Hall–Kier alpha value is -0.890. The van der Waals surface area contributed by atoms with Crippen LogP contribution in [0.5, 0.6) is 5.75 Å². The Balaban J connectivity index is 2.71. The van der Waals surface area contributed by atoms with E-state index in [4.69, 9.17) is 4.74 Å². The van der Waals surface area contributed by atoms with E-state index in [9.17, 15) is 0 Å². The molecular formula is C11H14OS. The molecule has 1 rings (SSSR count). The van der Waals surface area contributed by atoms with Crippen LogP contribution < -0.4 is 4.74 Å². The van der Waals surface area contributed by atoms with Crippen molar-refractivity contribution in [1.29, 1.82) is 0 Å². The Morgan fingerprint density at radius 1 is 1.38 bits per heavy atom. The molecular weight excluding hydrogens is 180 g/mol. The molecule has 0 N–H and O–H groups in total. The first-order valence-electron chi connectivity index (χ1n) is 4.31. The molecule has 0 amide bonds. The van der Waals surface area contributed by atoms with Gasteiger partial charge in [-0.1, -0.05) is 24.3 Å². The average molecular weight is 194 g/mol. The first kappa shape index (κ1) is 10.2. The Labute approximate surface area is 84.8 Å². The van der Waals surface area contributed by atoms with Gasteiger partial charge < -0.3 is 4.74 Å². The zero-order valence-electron chi connectivity index (χ0n) is 7.57. The highest BCUT2D eigenvalue weighted by atomic mass is 32.1. The molecule has 0 aliphatic heterocycles. The lowest BCUT2D eigenvalue weighted by atomic mass is 10.1. The van der Waals surface area contributed by atoms with Crippen LogP contribution in [0.2, 0.25) is 0 Å². The Morgan fingerprint density at radius 3 is 2.85 bits per heavy atom. The maximum atomic E-state index is 5.51. The van der Waals surface area contributed by atoms with Gasteiger partial charge in [0.2, 0.25) is 0 Å². The van der Waals surface area contributed by atoms with E-state index in [0.717, 1.165) is 17.9 Å². The lowest BCUT2D eigenvalue weighted by molar-refractivity contribution is 0.341. The summed E-state index contributed by atoms with van der Waals surface area (Å²) in [5.41, 5.74) is 1.18. The van der Waals surface area contributed by atoms with Gasteiger partial charge in [0.1, 0.15) is 5.75 Å². The molecule has 0 heterocycles. The molecule has 0 aliphatic rings. The number of para-hydroxylation sites is 1. The summed E-state index contributed by atoms with van der Waals surface area (Å²) in [4.78, 5) is 0. The topological polar surface area (TPSA) is 9.23 Å². The molecule has 1 aromatic carbocycles. The molecule has 0 fully saturated rings. The monoisotopic (exact) mass is 194 g/mol. The van der Waals surface area contributed by atoms with Crippen LogP contribution in [0, 0.1) is 0 Å². The third kappa shape index (κ3) is 3.15. The largest absolute Gasteiger partial charge is 0.492 e. The summed E-state index contributed by atoms with van der Waals surface area (Å²) in [6.45, 7) is 4.36. The number of hydrogen-bond acceptors (Lipinski definition) is 2. The number of hydrogen-bond donors (Lipinski definition) is 1. The second-order valence-electron chi connectivity index (χ2n) is 2.67. The minimum Gasteiger partial charge on any atom is -0.492 e. The maximum absolute atomic E-state index is 5.51. The molecule has 0 spiro atoms.